The van der Waals surface area contributed by atoms with E-state index in [-0.39, 0.29) is 31.1 Å². The highest BCUT2D eigenvalue weighted by atomic mass is 16.2. The summed E-state index contributed by atoms with van der Waals surface area (Å²) in [7, 11) is 0. The van der Waals surface area contributed by atoms with Gasteiger partial charge in [-0.3, -0.25) is 9.59 Å². The lowest BCUT2D eigenvalue weighted by Gasteiger charge is -1.98. The maximum atomic E-state index is 10.8. The van der Waals surface area contributed by atoms with E-state index in [2.05, 4.69) is 17.8 Å². The van der Waals surface area contributed by atoms with Gasteiger partial charge in [-0.15, -0.1) is 6.42 Å². The lowest BCUT2D eigenvalue weighted by atomic mass is 10.2. The highest BCUT2D eigenvalue weighted by molar-refractivity contribution is 5.92. The van der Waals surface area contributed by atoms with Crippen LogP contribution < -0.4 is 5.32 Å². The summed E-state index contributed by atoms with van der Waals surface area (Å²) in [6.45, 7) is 3.50. The van der Waals surface area contributed by atoms with E-state index in [1.54, 1.807) is 0 Å². The molecule has 0 aromatic heterocycles. The number of rotatable bonds is 5. The van der Waals surface area contributed by atoms with E-state index in [0.717, 1.165) is 0 Å². The standard InChI is InChI=1S/C9H11NO2/c1-3-7-10-9(12)6-5-8(11)4-2/h1,4H,2,5-7H2,(H,10,12). The number of terminal acetylenes is 1. The Morgan fingerprint density at radius 1 is 1.50 bits per heavy atom. The Labute approximate surface area is 71.8 Å². The van der Waals surface area contributed by atoms with Gasteiger partial charge in [0.15, 0.2) is 5.78 Å². The Hall–Kier alpha value is -1.56. The maximum absolute atomic E-state index is 10.8. The van der Waals surface area contributed by atoms with Crippen LogP contribution in [-0.4, -0.2) is 18.2 Å². The molecule has 0 aliphatic heterocycles. The summed E-state index contributed by atoms with van der Waals surface area (Å²) in [6.07, 6.45) is 6.48. The molecule has 0 radical (unpaired) electrons. The van der Waals surface area contributed by atoms with Crippen molar-refractivity contribution in [3.63, 3.8) is 0 Å². The van der Waals surface area contributed by atoms with Crippen molar-refractivity contribution in [2.75, 3.05) is 6.54 Å². The molecule has 0 aromatic carbocycles. The van der Waals surface area contributed by atoms with Crippen molar-refractivity contribution < 1.29 is 9.59 Å². The quantitative estimate of drug-likeness (QED) is 0.469. The van der Waals surface area contributed by atoms with Crippen LogP contribution in [0.5, 0.6) is 0 Å². The van der Waals surface area contributed by atoms with Crippen molar-refractivity contribution in [1.29, 1.82) is 0 Å². The van der Waals surface area contributed by atoms with Crippen molar-refractivity contribution in [2.45, 2.75) is 12.8 Å². The third-order valence-electron chi connectivity index (χ3n) is 1.21. The molecule has 1 N–H and O–H groups in total. The summed E-state index contributed by atoms with van der Waals surface area (Å²) in [5.74, 6) is 1.92. The molecule has 12 heavy (non-hydrogen) atoms. The van der Waals surface area contributed by atoms with Crippen LogP contribution in [0, 0.1) is 12.3 Å². The van der Waals surface area contributed by atoms with Crippen molar-refractivity contribution in [3.05, 3.63) is 12.7 Å². The second-order valence-corrected chi connectivity index (χ2v) is 2.15. The summed E-state index contributed by atoms with van der Waals surface area (Å²) < 4.78 is 0. The molecule has 0 aromatic rings. The summed E-state index contributed by atoms with van der Waals surface area (Å²) in [4.78, 5) is 21.5. The zero-order chi connectivity index (χ0) is 9.40. The maximum Gasteiger partial charge on any atom is 0.221 e. The minimum absolute atomic E-state index is 0.133. The van der Waals surface area contributed by atoms with E-state index in [1.165, 1.54) is 6.08 Å². The molecule has 3 nitrogen and oxygen atoms in total. The van der Waals surface area contributed by atoms with Gasteiger partial charge in [-0.05, 0) is 6.08 Å². The van der Waals surface area contributed by atoms with E-state index in [1.807, 2.05) is 0 Å². The molecule has 0 atom stereocenters. The van der Waals surface area contributed by atoms with Crippen LogP contribution >= 0.6 is 0 Å². The minimum Gasteiger partial charge on any atom is -0.345 e. The first-order chi connectivity index (χ1) is 5.70. The molecule has 0 saturated heterocycles. The summed E-state index contributed by atoms with van der Waals surface area (Å²) in [5.41, 5.74) is 0. The molecule has 1 amide bonds. The Bertz CT molecular complexity index is 225. The average Bonchev–Trinajstić information content (AvgIpc) is 2.10. The van der Waals surface area contributed by atoms with E-state index in [9.17, 15) is 9.59 Å². The molecule has 0 bridgehead atoms. The number of hydrogen-bond donors (Lipinski definition) is 1. The van der Waals surface area contributed by atoms with Crippen LogP contribution in [0.15, 0.2) is 12.7 Å². The van der Waals surface area contributed by atoms with Crippen LogP contribution in [0.1, 0.15) is 12.8 Å². The first-order valence-corrected chi connectivity index (χ1v) is 3.56. The summed E-state index contributed by atoms with van der Waals surface area (Å²) in [6, 6.07) is 0. The minimum atomic E-state index is -0.205. The number of ketones is 1. The van der Waals surface area contributed by atoms with Gasteiger partial charge >= 0.3 is 0 Å². The zero-order valence-electron chi connectivity index (χ0n) is 6.80. The van der Waals surface area contributed by atoms with Gasteiger partial charge < -0.3 is 5.32 Å². The van der Waals surface area contributed by atoms with Gasteiger partial charge in [0.1, 0.15) is 0 Å². The molecular weight excluding hydrogens is 154 g/mol. The first kappa shape index (κ1) is 10.4. The molecule has 0 aliphatic rings. The summed E-state index contributed by atoms with van der Waals surface area (Å²) in [5, 5.41) is 2.45. The normalized spacial score (nSPS) is 8.25. The topological polar surface area (TPSA) is 46.2 Å². The number of carbonyl (C=O) groups is 2. The number of nitrogens with one attached hydrogen (secondary N) is 1. The van der Waals surface area contributed by atoms with Gasteiger partial charge in [-0.1, -0.05) is 12.5 Å². The Kier molecular flexibility index (Phi) is 5.37. The van der Waals surface area contributed by atoms with Gasteiger partial charge in [0.2, 0.25) is 5.91 Å². The molecule has 0 aliphatic carbocycles. The second-order valence-electron chi connectivity index (χ2n) is 2.15. The lowest BCUT2D eigenvalue weighted by molar-refractivity contribution is -0.123. The molecule has 0 rings (SSSR count). The predicted molar refractivity (Wildman–Crippen MR) is 46.3 cm³/mol. The monoisotopic (exact) mass is 165 g/mol. The van der Waals surface area contributed by atoms with Crippen LogP contribution in [0.2, 0.25) is 0 Å². The molecule has 0 saturated carbocycles. The first-order valence-electron chi connectivity index (χ1n) is 3.56. The van der Waals surface area contributed by atoms with Crippen LogP contribution in [0.4, 0.5) is 0 Å². The molecule has 0 heterocycles. The number of carbonyl (C=O) groups excluding carboxylic acids is 2. The Morgan fingerprint density at radius 3 is 2.67 bits per heavy atom. The molecule has 0 unspecified atom stereocenters. The Balaban J connectivity index is 3.51. The van der Waals surface area contributed by atoms with Gasteiger partial charge in [0.25, 0.3) is 0 Å². The van der Waals surface area contributed by atoms with Gasteiger partial charge in [0.05, 0.1) is 6.54 Å². The van der Waals surface area contributed by atoms with E-state index >= 15 is 0 Å². The largest absolute Gasteiger partial charge is 0.345 e. The van der Waals surface area contributed by atoms with Crippen molar-refractivity contribution in [1.82, 2.24) is 5.32 Å². The third-order valence-corrected chi connectivity index (χ3v) is 1.21. The predicted octanol–water partition coefficient (Wildman–Crippen LogP) is 0.271. The SMILES string of the molecule is C#CCNC(=O)CCC(=O)C=C. The molecule has 0 spiro atoms. The van der Waals surface area contributed by atoms with Crippen molar-refractivity contribution >= 4 is 11.7 Å². The van der Waals surface area contributed by atoms with Gasteiger partial charge in [-0.25, -0.2) is 0 Å². The lowest BCUT2D eigenvalue weighted by Crippen LogP contribution is -2.23. The van der Waals surface area contributed by atoms with E-state index in [4.69, 9.17) is 6.42 Å². The average molecular weight is 165 g/mol. The number of amides is 1. The zero-order valence-corrected chi connectivity index (χ0v) is 6.80. The molecule has 0 fully saturated rings. The van der Waals surface area contributed by atoms with Crippen LogP contribution in [0.25, 0.3) is 0 Å². The van der Waals surface area contributed by atoms with Crippen LogP contribution in [0.3, 0.4) is 0 Å². The highest BCUT2D eigenvalue weighted by Crippen LogP contribution is 1.90. The van der Waals surface area contributed by atoms with E-state index < -0.39 is 0 Å². The molecule has 64 valence electrons. The fraction of sp³-hybridized carbons (Fsp3) is 0.333. The Morgan fingerprint density at radius 2 is 2.17 bits per heavy atom. The van der Waals surface area contributed by atoms with E-state index in [0.29, 0.717) is 0 Å². The fourth-order valence-electron chi connectivity index (χ4n) is 0.577. The smallest absolute Gasteiger partial charge is 0.221 e. The van der Waals surface area contributed by atoms with Crippen LogP contribution in [-0.2, 0) is 9.59 Å². The molecular formula is C9H11NO2. The van der Waals surface area contributed by atoms with Gasteiger partial charge in [-0.2, -0.15) is 0 Å². The second kappa shape index (κ2) is 6.17. The molecule has 3 heteroatoms. The van der Waals surface area contributed by atoms with Crippen molar-refractivity contribution in [3.8, 4) is 12.3 Å². The van der Waals surface area contributed by atoms with Gasteiger partial charge in [0, 0.05) is 12.8 Å². The third kappa shape index (κ3) is 5.24. The number of hydrogen-bond acceptors (Lipinski definition) is 2. The number of allylic oxidation sites excluding steroid dienone is 1. The fourth-order valence-corrected chi connectivity index (χ4v) is 0.577. The summed E-state index contributed by atoms with van der Waals surface area (Å²) >= 11 is 0. The highest BCUT2D eigenvalue weighted by Gasteiger charge is 2.02. The van der Waals surface area contributed by atoms with Crippen molar-refractivity contribution in [2.24, 2.45) is 0 Å².